The summed E-state index contributed by atoms with van der Waals surface area (Å²) in [6.07, 6.45) is 0. The van der Waals surface area contributed by atoms with E-state index < -0.39 is 0 Å². The van der Waals surface area contributed by atoms with Gasteiger partial charge in [-0.1, -0.05) is 18.2 Å². The zero-order valence-corrected chi connectivity index (χ0v) is 10.6. The Morgan fingerprint density at radius 1 is 1.28 bits per heavy atom. The third kappa shape index (κ3) is 1.81. The van der Waals surface area contributed by atoms with Gasteiger partial charge in [-0.2, -0.15) is 0 Å². The standard InChI is InChI=1S/C14H19NO3/c1-16-12-5-3-2-4-11(12)14(9-18-10-14)13-8-17-7-6-15-13/h2-5,13,15H,6-10H2,1H3. The topological polar surface area (TPSA) is 39.7 Å². The Morgan fingerprint density at radius 3 is 2.72 bits per heavy atom. The number of benzene rings is 1. The number of methoxy groups -OCH3 is 1. The lowest BCUT2D eigenvalue weighted by atomic mass is 9.72. The van der Waals surface area contributed by atoms with Crippen LogP contribution in [0, 0.1) is 0 Å². The molecule has 0 aliphatic carbocycles. The predicted octanol–water partition coefficient (Wildman–Crippen LogP) is 0.952. The van der Waals surface area contributed by atoms with Crippen molar-refractivity contribution in [2.24, 2.45) is 0 Å². The fourth-order valence-corrected chi connectivity index (χ4v) is 2.84. The van der Waals surface area contributed by atoms with Crippen LogP contribution in [0.25, 0.3) is 0 Å². The van der Waals surface area contributed by atoms with Gasteiger partial charge in [0.15, 0.2) is 0 Å². The van der Waals surface area contributed by atoms with Crippen LogP contribution in [0.3, 0.4) is 0 Å². The van der Waals surface area contributed by atoms with Gasteiger partial charge in [0.05, 0.1) is 39.0 Å². The van der Waals surface area contributed by atoms with Gasteiger partial charge in [0.2, 0.25) is 0 Å². The highest BCUT2D eigenvalue weighted by Crippen LogP contribution is 2.41. The predicted molar refractivity (Wildman–Crippen MR) is 68.1 cm³/mol. The van der Waals surface area contributed by atoms with E-state index in [0.717, 1.165) is 38.7 Å². The summed E-state index contributed by atoms with van der Waals surface area (Å²) in [6.45, 7) is 3.89. The normalized spacial score (nSPS) is 26.4. The lowest BCUT2D eigenvalue weighted by Crippen LogP contribution is -2.64. The molecule has 1 unspecified atom stereocenters. The highest BCUT2D eigenvalue weighted by atomic mass is 16.5. The molecule has 98 valence electrons. The second kappa shape index (κ2) is 4.88. The summed E-state index contributed by atoms with van der Waals surface area (Å²) in [5, 5.41) is 3.55. The number of rotatable bonds is 3. The molecule has 0 bridgehead atoms. The fourth-order valence-electron chi connectivity index (χ4n) is 2.84. The molecule has 1 aromatic rings. The van der Waals surface area contributed by atoms with E-state index in [0.29, 0.717) is 6.04 Å². The van der Waals surface area contributed by atoms with E-state index in [1.807, 2.05) is 12.1 Å². The van der Waals surface area contributed by atoms with Crippen LogP contribution in [-0.4, -0.2) is 46.1 Å². The van der Waals surface area contributed by atoms with Crippen molar-refractivity contribution in [3.63, 3.8) is 0 Å². The van der Waals surface area contributed by atoms with Gasteiger partial charge in [0, 0.05) is 18.2 Å². The average Bonchev–Trinajstić information content (AvgIpc) is 2.39. The van der Waals surface area contributed by atoms with Crippen molar-refractivity contribution in [2.75, 3.05) is 40.1 Å². The number of morpholine rings is 1. The van der Waals surface area contributed by atoms with E-state index in [1.165, 1.54) is 5.56 Å². The smallest absolute Gasteiger partial charge is 0.122 e. The summed E-state index contributed by atoms with van der Waals surface area (Å²) in [7, 11) is 1.72. The molecule has 2 heterocycles. The van der Waals surface area contributed by atoms with Crippen LogP contribution in [0.4, 0.5) is 0 Å². The van der Waals surface area contributed by atoms with Crippen LogP contribution >= 0.6 is 0 Å². The van der Waals surface area contributed by atoms with E-state index in [1.54, 1.807) is 7.11 Å². The van der Waals surface area contributed by atoms with Crippen LogP contribution in [0.15, 0.2) is 24.3 Å². The number of hydrogen-bond donors (Lipinski definition) is 1. The molecular weight excluding hydrogens is 230 g/mol. The molecule has 3 rings (SSSR count). The maximum Gasteiger partial charge on any atom is 0.122 e. The molecule has 1 N–H and O–H groups in total. The molecule has 2 aliphatic rings. The molecular formula is C14H19NO3. The SMILES string of the molecule is COc1ccccc1C1(C2COCCN2)COC1. The summed E-state index contributed by atoms with van der Waals surface area (Å²) < 4.78 is 16.6. The van der Waals surface area contributed by atoms with Gasteiger partial charge < -0.3 is 19.5 Å². The van der Waals surface area contributed by atoms with Crippen molar-refractivity contribution >= 4 is 0 Å². The Labute approximate surface area is 107 Å². The molecule has 4 heteroatoms. The first kappa shape index (κ1) is 12.0. The summed E-state index contributed by atoms with van der Waals surface area (Å²) in [5.74, 6) is 0.938. The molecule has 1 aromatic carbocycles. The summed E-state index contributed by atoms with van der Waals surface area (Å²) in [6, 6.07) is 8.51. The third-order valence-electron chi connectivity index (χ3n) is 3.95. The lowest BCUT2D eigenvalue weighted by molar-refractivity contribution is -0.101. The number of para-hydroxylation sites is 1. The second-order valence-electron chi connectivity index (χ2n) is 4.93. The van der Waals surface area contributed by atoms with Crippen molar-refractivity contribution in [3.8, 4) is 5.75 Å². The van der Waals surface area contributed by atoms with Crippen molar-refractivity contribution in [1.29, 1.82) is 0 Å². The molecule has 2 aliphatic heterocycles. The number of nitrogens with one attached hydrogen (secondary N) is 1. The third-order valence-corrected chi connectivity index (χ3v) is 3.95. The molecule has 0 saturated carbocycles. The molecule has 2 saturated heterocycles. The van der Waals surface area contributed by atoms with Gasteiger partial charge in [0.1, 0.15) is 5.75 Å². The van der Waals surface area contributed by atoms with Crippen LogP contribution in [0.5, 0.6) is 5.75 Å². The molecule has 18 heavy (non-hydrogen) atoms. The molecule has 0 aromatic heterocycles. The maximum absolute atomic E-state index is 5.60. The Balaban J connectivity index is 1.94. The zero-order valence-electron chi connectivity index (χ0n) is 10.6. The highest BCUT2D eigenvalue weighted by molar-refractivity contribution is 5.43. The lowest BCUT2D eigenvalue weighted by Gasteiger charge is -2.49. The number of hydrogen-bond acceptors (Lipinski definition) is 4. The quantitative estimate of drug-likeness (QED) is 0.866. The van der Waals surface area contributed by atoms with Crippen LogP contribution < -0.4 is 10.1 Å². The zero-order chi connectivity index (χ0) is 12.4. The van der Waals surface area contributed by atoms with Gasteiger partial charge in [0.25, 0.3) is 0 Å². The summed E-state index contributed by atoms with van der Waals surface area (Å²) >= 11 is 0. The van der Waals surface area contributed by atoms with Gasteiger partial charge >= 0.3 is 0 Å². The van der Waals surface area contributed by atoms with Crippen LogP contribution in [0.1, 0.15) is 5.56 Å². The first-order chi connectivity index (χ1) is 8.87. The fraction of sp³-hybridized carbons (Fsp3) is 0.571. The Bertz CT molecular complexity index is 411. The van der Waals surface area contributed by atoms with Gasteiger partial charge in [-0.15, -0.1) is 0 Å². The first-order valence-electron chi connectivity index (χ1n) is 6.39. The summed E-state index contributed by atoms with van der Waals surface area (Å²) in [4.78, 5) is 0. The van der Waals surface area contributed by atoms with Crippen molar-refractivity contribution < 1.29 is 14.2 Å². The molecule has 4 nitrogen and oxygen atoms in total. The monoisotopic (exact) mass is 249 g/mol. The highest BCUT2D eigenvalue weighted by Gasteiger charge is 2.49. The van der Waals surface area contributed by atoms with Crippen LogP contribution in [0.2, 0.25) is 0 Å². The maximum atomic E-state index is 5.60. The molecule has 2 fully saturated rings. The molecule has 0 radical (unpaired) electrons. The first-order valence-corrected chi connectivity index (χ1v) is 6.39. The average molecular weight is 249 g/mol. The van der Waals surface area contributed by atoms with Gasteiger partial charge in [-0.3, -0.25) is 0 Å². The minimum Gasteiger partial charge on any atom is -0.496 e. The van der Waals surface area contributed by atoms with E-state index in [-0.39, 0.29) is 5.41 Å². The van der Waals surface area contributed by atoms with E-state index in [2.05, 4.69) is 17.4 Å². The van der Waals surface area contributed by atoms with E-state index >= 15 is 0 Å². The minimum atomic E-state index is -0.00692. The van der Waals surface area contributed by atoms with Crippen LogP contribution in [-0.2, 0) is 14.9 Å². The number of ether oxygens (including phenoxy) is 3. The molecule has 0 spiro atoms. The second-order valence-corrected chi connectivity index (χ2v) is 4.93. The van der Waals surface area contributed by atoms with Crippen molar-refractivity contribution in [3.05, 3.63) is 29.8 Å². The Hall–Kier alpha value is -1.10. The Kier molecular flexibility index (Phi) is 3.24. The van der Waals surface area contributed by atoms with Gasteiger partial charge in [-0.25, -0.2) is 0 Å². The van der Waals surface area contributed by atoms with E-state index in [9.17, 15) is 0 Å². The largest absolute Gasteiger partial charge is 0.496 e. The van der Waals surface area contributed by atoms with Gasteiger partial charge in [-0.05, 0) is 6.07 Å². The minimum absolute atomic E-state index is 0.00692. The molecule has 0 amide bonds. The van der Waals surface area contributed by atoms with Crippen molar-refractivity contribution in [2.45, 2.75) is 11.5 Å². The van der Waals surface area contributed by atoms with E-state index in [4.69, 9.17) is 14.2 Å². The molecule has 1 atom stereocenters. The Morgan fingerprint density at radius 2 is 2.11 bits per heavy atom. The summed E-state index contributed by atoms with van der Waals surface area (Å²) in [5.41, 5.74) is 1.22. The van der Waals surface area contributed by atoms with Crippen molar-refractivity contribution in [1.82, 2.24) is 5.32 Å².